The number of nitrogens with zero attached hydrogens (tertiary/aromatic N) is 3. The van der Waals surface area contributed by atoms with Gasteiger partial charge in [-0.25, -0.2) is 4.68 Å². The molecule has 0 amide bonds. The minimum Gasteiger partial charge on any atom is -0.304 e. The highest BCUT2D eigenvalue weighted by Gasteiger charge is 2.03. The third kappa shape index (κ3) is 4.02. The first-order valence-electron chi connectivity index (χ1n) is 7.50. The Balaban J connectivity index is 2.08. The smallest absolute Gasteiger partial charge is 0.266 e. The van der Waals surface area contributed by atoms with Gasteiger partial charge in [-0.05, 0) is 31.1 Å². The van der Waals surface area contributed by atoms with Gasteiger partial charge in [0.1, 0.15) is 0 Å². The van der Waals surface area contributed by atoms with E-state index in [0.717, 1.165) is 37.3 Å². The van der Waals surface area contributed by atoms with E-state index in [0.29, 0.717) is 0 Å². The lowest BCUT2D eigenvalue weighted by atomic mass is 10.1. The second-order valence-electron chi connectivity index (χ2n) is 5.15. The number of aromatic nitrogens is 2. The molecule has 1 aromatic heterocycles. The van der Waals surface area contributed by atoms with Crippen LogP contribution in [0, 0.1) is 0 Å². The summed E-state index contributed by atoms with van der Waals surface area (Å²) in [5.74, 6) is 0. The Morgan fingerprint density at radius 1 is 1.05 bits per heavy atom. The van der Waals surface area contributed by atoms with Gasteiger partial charge in [-0.3, -0.25) is 4.79 Å². The van der Waals surface area contributed by atoms with E-state index in [9.17, 15) is 4.79 Å². The number of rotatable bonds is 6. The van der Waals surface area contributed by atoms with Crippen molar-refractivity contribution in [2.45, 2.75) is 20.3 Å². The quantitative estimate of drug-likeness (QED) is 0.817. The third-order valence-electron chi connectivity index (χ3n) is 3.82. The lowest BCUT2D eigenvalue weighted by Crippen LogP contribution is -2.25. The number of aryl methyl sites for hydroxylation is 1. The van der Waals surface area contributed by atoms with Gasteiger partial charge in [0.25, 0.3) is 5.56 Å². The Hall–Kier alpha value is -1.94. The van der Waals surface area contributed by atoms with E-state index in [1.54, 1.807) is 19.2 Å². The average Bonchev–Trinajstić information content (AvgIpc) is 2.52. The zero-order valence-electron chi connectivity index (χ0n) is 13.0. The maximum absolute atomic E-state index is 11.4. The molecule has 0 radical (unpaired) electrons. The fourth-order valence-electron chi connectivity index (χ4n) is 2.33. The number of benzene rings is 1. The Kier molecular flexibility index (Phi) is 5.28. The highest BCUT2D eigenvalue weighted by Crippen LogP contribution is 2.16. The van der Waals surface area contributed by atoms with Crippen LogP contribution in [-0.4, -0.2) is 34.3 Å². The molecule has 0 atom stereocenters. The van der Waals surface area contributed by atoms with Crippen molar-refractivity contribution in [3.8, 4) is 11.3 Å². The van der Waals surface area contributed by atoms with Gasteiger partial charge in [0.05, 0.1) is 5.69 Å². The first-order valence-corrected chi connectivity index (χ1v) is 7.50. The van der Waals surface area contributed by atoms with Crippen LogP contribution in [0.15, 0.2) is 41.2 Å². The van der Waals surface area contributed by atoms with E-state index in [4.69, 9.17) is 0 Å². The Morgan fingerprint density at radius 3 is 2.29 bits per heavy atom. The summed E-state index contributed by atoms with van der Waals surface area (Å²) < 4.78 is 1.36. The first kappa shape index (κ1) is 15.4. The number of hydrogen-bond donors (Lipinski definition) is 0. The van der Waals surface area contributed by atoms with Crippen LogP contribution in [0.5, 0.6) is 0 Å². The van der Waals surface area contributed by atoms with Crippen LogP contribution in [0.2, 0.25) is 0 Å². The normalized spacial score (nSPS) is 11.0. The second-order valence-corrected chi connectivity index (χ2v) is 5.15. The maximum Gasteiger partial charge on any atom is 0.266 e. The molecule has 112 valence electrons. The van der Waals surface area contributed by atoms with E-state index in [1.807, 2.05) is 0 Å². The molecular formula is C17H23N3O. The van der Waals surface area contributed by atoms with Crippen LogP contribution < -0.4 is 5.56 Å². The van der Waals surface area contributed by atoms with Crippen LogP contribution >= 0.6 is 0 Å². The molecule has 0 aliphatic rings. The summed E-state index contributed by atoms with van der Waals surface area (Å²) in [6.07, 6.45) is 1.06. The fraction of sp³-hybridized carbons (Fsp3) is 0.412. The summed E-state index contributed by atoms with van der Waals surface area (Å²) >= 11 is 0. The van der Waals surface area contributed by atoms with Crippen LogP contribution in [0.25, 0.3) is 11.3 Å². The summed E-state index contributed by atoms with van der Waals surface area (Å²) in [4.78, 5) is 13.8. The molecule has 4 nitrogen and oxygen atoms in total. The van der Waals surface area contributed by atoms with Crippen molar-refractivity contribution in [3.63, 3.8) is 0 Å². The largest absolute Gasteiger partial charge is 0.304 e. The summed E-state index contributed by atoms with van der Waals surface area (Å²) in [5.41, 5.74) is 3.11. The van der Waals surface area contributed by atoms with Gasteiger partial charge in [-0.2, -0.15) is 5.10 Å². The number of hydrogen-bond acceptors (Lipinski definition) is 3. The van der Waals surface area contributed by atoms with Crippen molar-refractivity contribution in [2.75, 3.05) is 19.6 Å². The average molecular weight is 285 g/mol. The molecule has 2 rings (SSSR count). The molecule has 1 heterocycles. The molecular weight excluding hydrogens is 262 g/mol. The van der Waals surface area contributed by atoms with Crippen molar-refractivity contribution in [1.82, 2.24) is 14.7 Å². The van der Waals surface area contributed by atoms with Crippen LogP contribution in [0.4, 0.5) is 0 Å². The van der Waals surface area contributed by atoms with Gasteiger partial charge in [-0.15, -0.1) is 0 Å². The predicted octanol–water partition coefficient (Wildman–Crippen LogP) is 2.33. The Morgan fingerprint density at radius 2 is 1.71 bits per heavy atom. The molecule has 0 aliphatic heterocycles. The van der Waals surface area contributed by atoms with E-state index >= 15 is 0 Å². The molecule has 0 saturated carbocycles. The van der Waals surface area contributed by atoms with E-state index in [2.05, 4.69) is 48.1 Å². The topological polar surface area (TPSA) is 38.1 Å². The van der Waals surface area contributed by atoms with Crippen molar-refractivity contribution in [3.05, 3.63) is 52.3 Å². The zero-order chi connectivity index (χ0) is 15.2. The minimum atomic E-state index is -0.0883. The molecule has 21 heavy (non-hydrogen) atoms. The molecule has 0 unspecified atom stereocenters. The van der Waals surface area contributed by atoms with Crippen molar-refractivity contribution < 1.29 is 0 Å². The highest BCUT2D eigenvalue weighted by molar-refractivity contribution is 5.58. The molecule has 0 fully saturated rings. The summed E-state index contributed by atoms with van der Waals surface area (Å²) in [6.45, 7) is 7.66. The van der Waals surface area contributed by atoms with E-state index in [-0.39, 0.29) is 5.56 Å². The number of likely N-dealkylation sites (N-methyl/N-ethyl adjacent to an activating group) is 1. The standard InChI is InChI=1S/C17H23N3O/c1-4-20(5-2)13-12-14-6-8-15(9-7-14)16-10-11-17(21)19(3)18-16/h6-11H,4-5,12-13H2,1-3H3. The highest BCUT2D eigenvalue weighted by atomic mass is 16.1. The van der Waals surface area contributed by atoms with Gasteiger partial charge in [0, 0.05) is 25.2 Å². The second kappa shape index (κ2) is 7.18. The molecule has 0 bridgehead atoms. The van der Waals surface area contributed by atoms with Gasteiger partial charge in [-0.1, -0.05) is 38.1 Å². The summed E-state index contributed by atoms with van der Waals surface area (Å²) in [6, 6.07) is 11.8. The molecule has 0 saturated heterocycles. The van der Waals surface area contributed by atoms with Crippen LogP contribution in [-0.2, 0) is 13.5 Å². The lowest BCUT2D eigenvalue weighted by molar-refractivity contribution is 0.308. The van der Waals surface area contributed by atoms with Gasteiger partial charge in [0.15, 0.2) is 0 Å². The van der Waals surface area contributed by atoms with Crippen molar-refractivity contribution in [1.29, 1.82) is 0 Å². The van der Waals surface area contributed by atoms with Crippen molar-refractivity contribution in [2.24, 2.45) is 7.05 Å². The van der Waals surface area contributed by atoms with Gasteiger partial charge >= 0.3 is 0 Å². The minimum absolute atomic E-state index is 0.0883. The van der Waals surface area contributed by atoms with Crippen molar-refractivity contribution >= 4 is 0 Å². The molecule has 0 N–H and O–H groups in total. The molecule has 4 heteroatoms. The summed E-state index contributed by atoms with van der Waals surface area (Å²) in [7, 11) is 1.67. The maximum atomic E-state index is 11.4. The fourth-order valence-corrected chi connectivity index (χ4v) is 2.33. The van der Waals surface area contributed by atoms with Gasteiger partial charge in [0.2, 0.25) is 0 Å². The predicted molar refractivity (Wildman–Crippen MR) is 86.4 cm³/mol. The molecule has 2 aromatic rings. The molecule has 0 aliphatic carbocycles. The Bertz CT molecular complexity index is 627. The SMILES string of the molecule is CCN(CC)CCc1ccc(-c2ccc(=O)n(C)n2)cc1. The zero-order valence-corrected chi connectivity index (χ0v) is 13.0. The molecule has 1 aromatic carbocycles. The van der Waals surface area contributed by atoms with E-state index in [1.165, 1.54) is 10.2 Å². The monoisotopic (exact) mass is 285 g/mol. The third-order valence-corrected chi connectivity index (χ3v) is 3.82. The van der Waals surface area contributed by atoms with Crippen LogP contribution in [0.1, 0.15) is 19.4 Å². The van der Waals surface area contributed by atoms with Gasteiger partial charge < -0.3 is 4.90 Å². The summed E-state index contributed by atoms with van der Waals surface area (Å²) in [5, 5.41) is 4.27. The van der Waals surface area contributed by atoms with E-state index < -0.39 is 0 Å². The molecule has 0 spiro atoms. The Labute approximate surface area is 126 Å². The van der Waals surface area contributed by atoms with Crippen LogP contribution in [0.3, 0.4) is 0 Å². The first-order chi connectivity index (χ1) is 10.1. The lowest BCUT2D eigenvalue weighted by Gasteiger charge is -2.17.